The molecule has 0 spiro atoms. The lowest BCUT2D eigenvalue weighted by Crippen LogP contribution is -2.38. The Bertz CT molecular complexity index is 944. The molecule has 1 N–H and O–H groups in total. The fourth-order valence-electron chi connectivity index (χ4n) is 3.39. The van der Waals surface area contributed by atoms with E-state index in [4.69, 9.17) is 0 Å². The van der Waals surface area contributed by atoms with Crippen LogP contribution in [0.5, 0.6) is 0 Å². The number of nitrogens with one attached hydrogen (secondary N) is 1. The lowest BCUT2D eigenvalue weighted by atomic mass is 9.96. The number of thiazole rings is 1. The highest BCUT2D eigenvalue weighted by atomic mass is 32.1. The lowest BCUT2D eigenvalue weighted by Gasteiger charge is -2.32. The Morgan fingerprint density at radius 1 is 1.14 bits per heavy atom. The summed E-state index contributed by atoms with van der Waals surface area (Å²) in [5.41, 5.74) is 2.97. The van der Waals surface area contributed by atoms with Gasteiger partial charge in [-0.25, -0.2) is 15.0 Å². The van der Waals surface area contributed by atoms with E-state index in [1.165, 1.54) is 11.3 Å². The van der Waals surface area contributed by atoms with Crippen molar-refractivity contribution in [1.82, 2.24) is 15.0 Å². The molecule has 28 heavy (non-hydrogen) atoms. The maximum Gasteiger partial charge on any atom is 0.229 e. The SMILES string of the molecule is Cc1nc(NC(=O)C2CCN(c3cc(-c4ccccc4)ncn3)CC2)sc1C. The van der Waals surface area contributed by atoms with Gasteiger partial charge in [0.25, 0.3) is 0 Å². The fraction of sp³-hybridized carbons (Fsp3) is 0.333. The van der Waals surface area contributed by atoms with Crippen molar-refractivity contribution in [1.29, 1.82) is 0 Å². The minimum absolute atomic E-state index is 0.0104. The number of hydrogen-bond acceptors (Lipinski definition) is 6. The van der Waals surface area contributed by atoms with Gasteiger partial charge in [-0.15, -0.1) is 11.3 Å². The third-order valence-electron chi connectivity index (χ3n) is 5.17. The second-order valence-electron chi connectivity index (χ2n) is 7.04. The number of benzene rings is 1. The average Bonchev–Trinajstić information content (AvgIpc) is 3.05. The van der Waals surface area contributed by atoms with Crippen LogP contribution < -0.4 is 10.2 Å². The third kappa shape index (κ3) is 4.04. The highest BCUT2D eigenvalue weighted by molar-refractivity contribution is 7.15. The first-order valence-electron chi connectivity index (χ1n) is 9.47. The minimum atomic E-state index is 0.0104. The van der Waals surface area contributed by atoms with Gasteiger partial charge in [0, 0.05) is 35.5 Å². The molecule has 2 aromatic heterocycles. The summed E-state index contributed by atoms with van der Waals surface area (Å²) in [4.78, 5) is 29.2. The molecular weight excluding hydrogens is 370 g/mol. The number of piperidine rings is 1. The molecule has 3 heterocycles. The van der Waals surface area contributed by atoms with Gasteiger partial charge in [0.15, 0.2) is 5.13 Å². The number of anilines is 2. The van der Waals surface area contributed by atoms with Crippen molar-refractivity contribution in [2.75, 3.05) is 23.3 Å². The second-order valence-corrected chi connectivity index (χ2v) is 8.24. The van der Waals surface area contributed by atoms with Crippen molar-refractivity contribution in [3.8, 4) is 11.3 Å². The Hall–Kier alpha value is -2.80. The van der Waals surface area contributed by atoms with Gasteiger partial charge >= 0.3 is 0 Å². The molecule has 1 saturated heterocycles. The summed E-state index contributed by atoms with van der Waals surface area (Å²) >= 11 is 1.53. The number of carbonyl (C=O) groups is 1. The van der Waals surface area contributed by atoms with E-state index in [2.05, 4.69) is 25.2 Å². The summed E-state index contributed by atoms with van der Waals surface area (Å²) in [5.74, 6) is 0.996. The number of hydrogen-bond donors (Lipinski definition) is 1. The molecule has 4 rings (SSSR count). The number of aryl methyl sites for hydroxylation is 2. The van der Waals surface area contributed by atoms with Crippen molar-refractivity contribution in [2.24, 2.45) is 5.92 Å². The highest BCUT2D eigenvalue weighted by Crippen LogP contribution is 2.27. The topological polar surface area (TPSA) is 71.0 Å². The van der Waals surface area contributed by atoms with Crippen LogP contribution in [0.2, 0.25) is 0 Å². The zero-order valence-electron chi connectivity index (χ0n) is 16.1. The van der Waals surface area contributed by atoms with Crippen molar-refractivity contribution in [2.45, 2.75) is 26.7 Å². The van der Waals surface area contributed by atoms with Gasteiger partial charge in [0.2, 0.25) is 5.91 Å². The lowest BCUT2D eigenvalue weighted by molar-refractivity contribution is -0.120. The maximum absolute atomic E-state index is 12.6. The molecule has 144 valence electrons. The van der Waals surface area contributed by atoms with Gasteiger partial charge in [0.1, 0.15) is 12.1 Å². The van der Waals surface area contributed by atoms with Gasteiger partial charge in [-0.2, -0.15) is 0 Å². The molecule has 0 unspecified atom stereocenters. The molecule has 1 fully saturated rings. The van der Waals surface area contributed by atoms with E-state index >= 15 is 0 Å². The summed E-state index contributed by atoms with van der Waals surface area (Å²) in [5, 5.41) is 3.68. The van der Waals surface area contributed by atoms with Crippen LogP contribution in [0.1, 0.15) is 23.4 Å². The standard InChI is InChI=1S/C21H23N5OS/c1-14-15(2)28-21(24-14)25-20(27)17-8-10-26(11-9-17)19-12-18(22-13-23-19)16-6-4-3-5-7-16/h3-7,12-13,17H,8-11H2,1-2H3,(H,24,25,27). The summed E-state index contributed by atoms with van der Waals surface area (Å²) in [6.07, 6.45) is 3.23. The van der Waals surface area contributed by atoms with Crippen molar-refractivity contribution < 1.29 is 4.79 Å². The van der Waals surface area contributed by atoms with E-state index in [1.807, 2.05) is 50.2 Å². The van der Waals surface area contributed by atoms with Crippen molar-refractivity contribution in [3.05, 3.63) is 53.3 Å². The first-order chi connectivity index (χ1) is 13.6. The number of rotatable bonds is 4. The van der Waals surface area contributed by atoms with E-state index in [0.29, 0.717) is 5.13 Å². The molecule has 3 aromatic rings. The second kappa shape index (κ2) is 8.06. The summed E-state index contributed by atoms with van der Waals surface area (Å²) in [6, 6.07) is 12.1. The molecule has 7 heteroatoms. The minimum Gasteiger partial charge on any atom is -0.356 e. The van der Waals surface area contributed by atoms with Gasteiger partial charge in [0.05, 0.1) is 11.4 Å². The summed E-state index contributed by atoms with van der Waals surface area (Å²) in [6.45, 7) is 5.59. The highest BCUT2D eigenvalue weighted by Gasteiger charge is 2.26. The van der Waals surface area contributed by atoms with E-state index in [1.54, 1.807) is 6.33 Å². The number of nitrogens with zero attached hydrogens (tertiary/aromatic N) is 4. The molecule has 6 nitrogen and oxygen atoms in total. The van der Waals surface area contributed by atoms with E-state index in [-0.39, 0.29) is 11.8 Å². The molecule has 0 atom stereocenters. The first kappa shape index (κ1) is 18.6. The van der Waals surface area contributed by atoms with Crippen LogP contribution in [0.3, 0.4) is 0 Å². The van der Waals surface area contributed by atoms with Crippen LogP contribution in [-0.2, 0) is 4.79 Å². The van der Waals surface area contributed by atoms with Gasteiger partial charge in [-0.1, -0.05) is 30.3 Å². The molecule has 0 aliphatic carbocycles. The first-order valence-corrected chi connectivity index (χ1v) is 10.3. The smallest absolute Gasteiger partial charge is 0.229 e. The Balaban J connectivity index is 1.38. The van der Waals surface area contributed by atoms with Gasteiger partial charge in [-0.05, 0) is 26.7 Å². The molecule has 0 radical (unpaired) electrons. The van der Waals surface area contributed by atoms with E-state index in [9.17, 15) is 4.79 Å². The van der Waals surface area contributed by atoms with Crippen LogP contribution >= 0.6 is 11.3 Å². The van der Waals surface area contributed by atoms with Crippen molar-refractivity contribution >= 4 is 28.2 Å². The van der Waals surface area contributed by atoms with Crippen LogP contribution in [0.15, 0.2) is 42.7 Å². The van der Waals surface area contributed by atoms with Crippen molar-refractivity contribution in [3.63, 3.8) is 0 Å². The van der Waals surface area contributed by atoms with Gasteiger partial charge in [-0.3, -0.25) is 4.79 Å². The van der Waals surface area contributed by atoms with Gasteiger partial charge < -0.3 is 10.2 Å². The Labute approximate surface area is 168 Å². The van der Waals surface area contributed by atoms with Crippen LogP contribution in [0.4, 0.5) is 10.9 Å². The molecule has 1 aliphatic heterocycles. The summed E-state index contributed by atoms with van der Waals surface area (Å²) in [7, 11) is 0. The Kier molecular flexibility index (Phi) is 5.34. The van der Waals surface area contributed by atoms with Crippen LogP contribution in [-0.4, -0.2) is 33.9 Å². The van der Waals surface area contributed by atoms with E-state index < -0.39 is 0 Å². The molecule has 0 bridgehead atoms. The zero-order chi connectivity index (χ0) is 19.5. The van der Waals surface area contributed by atoms with Crippen LogP contribution in [0.25, 0.3) is 11.3 Å². The predicted molar refractivity (Wildman–Crippen MR) is 113 cm³/mol. The number of carbonyl (C=O) groups excluding carboxylic acids is 1. The largest absolute Gasteiger partial charge is 0.356 e. The summed E-state index contributed by atoms with van der Waals surface area (Å²) < 4.78 is 0. The normalized spacial score (nSPS) is 14.9. The molecule has 0 saturated carbocycles. The number of aromatic nitrogens is 3. The fourth-order valence-corrected chi connectivity index (χ4v) is 4.21. The molecule has 1 aromatic carbocycles. The third-order valence-corrected chi connectivity index (χ3v) is 6.16. The molecule has 1 aliphatic rings. The maximum atomic E-state index is 12.6. The quantitative estimate of drug-likeness (QED) is 0.723. The zero-order valence-corrected chi connectivity index (χ0v) is 16.9. The van der Waals surface area contributed by atoms with E-state index in [0.717, 1.165) is 53.6 Å². The molecular formula is C21H23N5OS. The van der Waals surface area contributed by atoms with Crippen LogP contribution in [0, 0.1) is 19.8 Å². The average molecular weight is 394 g/mol. The Morgan fingerprint density at radius 3 is 2.57 bits per heavy atom. The molecule has 1 amide bonds. The number of amides is 1. The Morgan fingerprint density at radius 2 is 1.89 bits per heavy atom. The predicted octanol–water partition coefficient (Wildman–Crippen LogP) is 4.07. The monoisotopic (exact) mass is 393 g/mol.